The summed E-state index contributed by atoms with van der Waals surface area (Å²) in [6.45, 7) is 3.63. The lowest BCUT2D eigenvalue weighted by molar-refractivity contribution is -0.146. The van der Waals surface area contributed by atoms with Crippen LogP contribution in [0.4, 0.5) is 0 Å². The van der Waals surface area contributed by atoms with E-state index >= 15 is 0 Å². The van der Waals surface area contributed by atoms with Crippen molar-refractivity contribution in [2.24, 2.45) is 0 Å². The maximum atomic E-state index is 11.8. The van der Waals surface area contributed by atoms with Crippen LogP contribution in [0.5, 0.6) is 5.75 Å². The number of aliphatic hydroxyl groups excluding tert-OH is 1. The third-order valence-electron chi connectivity index (χ3n) is 2.44. The van der Waals surface area contributed by atoms with Gasteiger partial charge in [0.1, 0.15) is 5.75 Å². The van der Waals surface area contributed by atoms with Crippen LogP contribution in [0, 0.1) is 0 Å². The van der Waals surface area contributed by atoms with Crippen molar-refractivity contribution in [2.45, 2.75) is 25.3 Å². The zero-order valence-corrected chi connectivity index (χ0v) is 11.3. The number of benzene rings is 1. The highest BCUT2D eigenvalue weighted by Gasteiger charge is 2.20. The van der Waals surface area contributed by atoms with Gasteiger partial charge in [0.2, 0.25) is 0 Å². The van der Waals surface area contributed by atoms with Crippen LogP contribution in [0.25, 0.3) is 0 Å². The molecule has 2 unspecified atom stereocenters. The van der Waals surface area contributed by atoms with Gasteiger partial charge in [-0.3, -0.25) is 4.79 Å². The minimum absolute atomic E-state index is 0.0825. The molecule has 0 amide bonds. The van der Waals surface area contributed by atoms with Crippen LogP contribution < -0.4 is 4.74 Å². The quantitative estimate of drug-likeness (QED) is 0.617. The lowest BCUT2D eigenvalue weighted by atomic mass is 10.0. The Hall–Kier alpha value is -1.59. The number of carboxylic acids is 1. The summed E-state index contributed by atoms with van der Waals surface area (Å²) < 4.78 is 5.25. The molecule has 0 aliphatic carbocycles. The SMILES string of the molecule is CCOc1cc(C(=O)C(C)Cl)cc(C(O)C(=O)O)c1. The van der Waals surface area contributed by atoms with Crippen molar-refractivity contribution in [1.29, 1.82) is 0 Å². The Kier molecular flexibility index (Phi) is 5.32. The molecule has 6 heteroatoms. The summed E-state index contributed by atoms with van der Waals surface area (Å²) in [5.74, 6) is -1.44. The molecule has 5 nitrogen and oxygen atoms in total. The fraction of sp³-hybridized carbons (Fsp3) is 0.385. The molecule has 0 aromatic heterocycles. The van der Waals surface area contributed by atoms with Crippen LogP contribution >= 0.6 is 11.6 Å². The van der Waals surface area contributed by atoms with Gasteiger partial charge in [0.25, 0.3) is 0 Å². The molecular formula is C13H15ClO5. The van der Waals surface area contributed by atoms with E-state index < -0.39 is 17.5 Å². The smallest absolute Gasteiger partial charge is 0.337 e. The van der Waals surface area contributed by atoms with E-state index in [0.717, 1.165) is 0 Å². The van der Waals surface area contributed by atoms with E-state index in [9.17, 15) is 14.7 Å². The van der Waals surface area contributed by atoms with Gasteiger partial charge in [0.05, 0.1) is 12.0 Å². The molecule has 19 heavy (non-hydrogen) atoms. The van der Waals surface area contributed by atoms with Crippen molar-refractivity contribution < 1.29 is 24.5 Å². The fourth-order valence-electron chi connectivity index (χ4n) is 1.54. The topological polar surface area (TPSA) is 83.8 Å². The van der Waals surface area contributed by atoms with Gasteiger partial charge in [-0.25, -0.2) is 4.79 Å². The van der Waals surface area contributed by atoms with Crippen LogP contribution in [0.15, 0.2) is 18.2 Å². The van der Waals surface area contributed by atoms with E-state index in [-0.39, 0.29) is 16.9 Å². The molecular weight excluding hydrogens is 272 g/mol. The Labute approximate surface area is 115 Å². The lowest BCUT2D eigenvalue weighted by Crippen LogP contribution is -2.14. The van der Waals surface area contributed by atoms with Crippen LogP contribution in [-0.4, -0.2) is 33.9 Å². The molecule has 1 rings (SSSR count). The summed E-state index contributed by atoms with van der Waals surface area (Å²) in [7, 11) is 0. The molecule has 0 saturated carbocycles. The zero-order valence-electron chi connectivity index (χ0n) is 10.6. The number of Topliss-reactive ketones (excluding diaryl/α,β-unsaturated/α-hetero) is 1. The van der Waals surface area contributed by atoms with Gasteiger partial charge in [-0.2, -0.15) is 0 Å². The van der Waals surface area contributed by atoms with Gasteiger partial charge >= 0.3 is 5.97 Å². The van der Waals surface area contributed by atoms with Gasteiger partial charge < -0.3 is 14.9 Å². The molecule has 1 aromatic carbocycles. The van der Waals surface area contributed by atoms with Crippen LogP contribution in [0.1, 0.15) is 35.9 Å². The summed E-state index contributed by atoms with van der Waals surface area (Å²) in [6, 6.07) is 4.17. The Morgan fingerprint density at radius 2 is 2.00 bits per heavy atom. The lowest BCUT2D eigenvalue weighted by Gasteiger charge is -2.12. The first kappa shape index (κ1) is 15.5. The van der Waals surface area contributed by atoms with E-state index in [2.05, 4.69) is 0 Å². The summed E-state index contributed by atoms with van der Waals surface area (Å²) in [5, 5.41) is 17.6. The maximum Gasteiger partial charge on any atom is 0.337 e. The summed E-state index contributed by atoms with van der Waals surface area (Å²) >= 11 is 5.72. The van der Waals surface area contributed by atoms with E-state index in [1.807, 2.05) is 0 Å². The molecule has 0 saturated heterocycles. The Bertz CT molecular complexity index is 484. The van der Waals surface area contributed by atoms with Crippen molar-refractivity contribution in [3.05, 3.63) is 29.3 Å². The number of carboxylic acid groups (broad SMARTS) is 1. The number of aliphatic carboxylic acids is 1. The molecule has 1 aromatic rings. The first-order valence-corrected chi connectivity index (χ1v) is 6.17. The second kappa shape index (κ2) is 6.54. The van der Waals surface area contributed by atoms with Gasteiger partial charge in [-0.15, -0.1) is 11.6 Å². The highest BCUT2D eigenvalue weighted by molar-refractivity contribution is 6.33. The molecule has 0 aliphatic rings. The highest BCUT2D eigenvalue weighted by Crippen LogP contribution is 2.24. The molecule has 0 aliphatic heterocycles. The fourth-order valence-corrected chi connectivity index (χ4v) is 1.67. The Balaban J connectivity index is 3.25. The van der Waals surface area contributed by atoms with Crippen LogP contribution in [0.3, 0.4) is 0 Å². The minimum atomic E-state index is -1.71. The molecule has 0 bridgehead atoms. The van der Waals surface area contributed by atoms with Crippen LogP contribution in [0.2, 0.25) is 0 Å². The third-order valence-corrected chi connectivity index (χ3v) is 2.63. The van der Waals surface area contributed by atoms with Crippen molar-refractivity contribution in [3.63, 3.8) is 0 Å². The number of ketones is 1. The number of hydrogen-bond donors (Lipinski definition) is 2. The normalized spacial score (nSPS) is 13.7. The average molecular weight is 287 g/mol. The molecule has 2 N–H and O–H groups in total. The number of carbonyl (C=O) groups is 2. The minimum Gasteiger partial charge on any atom is -0.494 e. The maximum absolute atomic E-state index is 11.8. The first-order valence-electron chi connectivity index (χ1n) is 5.73. The predicted octanol–water partition coefficient (Wildman–Crippen LogP) is 2.01. The molecule has 0 spiro atoms. The highest BCUT2D eigenvalue weighted by atomic mass is 35.5. The number of rotatable bonds is 6. The average Bonchev–Trinajstić information content (AvgIpc) is 2.36. The predicted molar refractivity (Wildman–Crippen MR) is 69.9 cm³/mol. The van der Waals surface area contributed by atoms with Gasteiger partial charge in [0.15, 0.2) is 11.9 Å². The number of hydrogen-bond acceptors (Lipinski definition) is 4. The largest absolute Gasteiger partial charge is 0.494 e. The third kappa shape index (κ3) is 3.94. The van der Waals surface area contributed by atoms with Crippen LogP contribution in [-0.2, 0) is 4.79 Å². The number of halogens is 1. The van der Waals surface area contributed by atoms with Gasteiger partial charge in [-0.1, -0.05) is 0 Å². The van der Waals surface area contributed by atoms with Crippen molar-refractivity contribution >= 4 is 23.4 Å². The Morgan fingerprint density at radius 3 is 2.47 bits per heavy atom. The number of ether oxygens (including phenoxy) is 1. The van der Waals surface area contributed by atoms with E-state index in [0.29, 0.717) is 12.4 Å². The van der Waals surface area contributed by atoms with Crippen molar-refractivity contribution in [1.82, 2.24) is 0 Å². The summed E-state index contributed by atoms with van der Waals surface area (Å²) in [5.41, 5.74) is 0.294. The number of carbonyl (C=O) groups excluding carboxylic acids is 1. The molecule has 0 heterocycles. The van der Waals surface area contributed by atoms with E-state index in [4.69, 9.17) is 21.4 Å². The number of alkyl halides is 1. The van der Waals surface area contributed by atoms with E-state index in [1.54, 1.807) is 6.92 Å². The summed E-state index contributed by atoms with van der Waals surface area (Å²) in [4.78, 5) is 22.6. The van der Waals surface area contributed by atoms with E-state index in [1.165, 1.54) is 25.1 Å². The first-order chi connectivity index (χ1) is 8.86. The standard InChI is InChI=1S/C13H15ClO5/c1-3-19-10-5-8(11(15)7(2)14)4-9(6-10)12(16)13(17)18/h4-7,12,16H,3H2,1-2H3,(H,17,18). The van der Waals surface area contributed by atoms with Crippen molar-refractivity contribution in [2.75, 3.05) is 6.61 Å². The zero-order chi connectivity index (χ0) is 14.6. The molecule has 2 atom stereocenters. The number of aliphatic hydroxyl groups is 1. The van der Waals surface area contributed by atoms with Gasteiger partial charge in [0, 0.05) is 5.56 Å². The second-order valence-electron chi connectivity index (χ2n) is 3.94. The molecule has 104 valence electrons. The van der Waals surface area contributed by atoms with Gasteiger partial charge in [-0.05, 0) is 37.6 Å². The molecule has 0 radical (unpaired) electrons. The van der Waals surface area contributed by atoms with Crippen molar-refractivity contribution in [3.8, 4) is 5.75 Å². The Morgan fingerprint density at radius 1 is 1.37 bits per heavy atom. The molecule has 0 fully saturated rings. The second-order valence-corrected chi connectivity index (χ2v) is 4.60. The summed E-state index contributed by atoms with van der Waals surface area (Å²) in [6.07, 6.45) is -1.71. The monoisotopic (exact) mass is 286 g/mol.